The van der Waals surface area contributed by atoms with Crippen molar-refractivity contribution in [2.75, 3.05) is 33.3 Å². The lowest BCUT2D eigenvalue weighted by atomic mass is 10.1. The zero-order valence-electron chi connectivity index (χ0n) is 14.4. The van der Waals surface area contributed by atoms with Crippen molar-refractivity contribution in [1.82, 2.24) is 20.4 Å². The van der Waals surface area contributed by atoms with Crippen LogP contribution in [0.2, 0.25) is 0 Å². The zero-order valence-corrected chi connectivity index (χ0v) is 15.2. The molecule has 0 radical (unpaired) electrons. The molecule has 1 aliphatic heterocycles. The average Bonchev–Trinajstić information content (AvgIpc) is 3.00. The second-order valence-corrected chi connectivity index (χ2v) is 6.09. The van der Waals surface area contributed by atoms with Gasteiger partial charge in [0.2, 0.25) is 5.89 Å². The number of nitrogens with one attached hydrogen (secondary N) is 1. The maximum Gasteiger partial charge on any atom is 0.230 e. The molecule has 1 fully saturated rings. The van der Waals surface area contributed by atoms with Gasteiger partial charge in [0, 0.05) is 19.6 Å². The molecule has 1 saturated heterocycles. The standard InChI is InChI=1S/C17H24N4O2.ClH/c1-12-4-5-14(10-13(12)2)22-9-6-16-19-17(20-23-16)15-11-18-7-8-21(15)3;/h4-5,10,15,18H,6-9,11H2,1-3H3;1H. The lowest BCUT2D eigenvalue weighted by Gasteiger charge is -2.30. The van der Waals surface area contributed by atoms with Crippen molar-refractivity contribution in [3.8, 4) is 5.75 Å². The van der Waals surface area contributed by atoms with Crippen molar-refractivity contribution >= 4 is 12.4 Å². The van der Waals surface area contributed by atoms with E-state index in [4.69, 9.17) is 9.26 Å². The number of likely N-dealkylation sites (N-methyl/N-ethyl adjacent to an activating group) is 1. The molecule has 0 amide bonds. The van der Waals surface area contributed by atoms with Crippen molar-refractivity contribution < 1.29 is 9.26 Å². The molecule has 132 valence electrons. The van der Waals surface area contributed by atoms with Crippen LogP contribution in [0.1, 0.15) is 28.9 Å². The fourth-order valence-corrected chi connectivity index (χ4v) is 2.66. The fraction of sp³-hybridized carbons (Fsp3) is 0.529. The molecule has 6 nitrogen and oxygen atoms in total. The Morgan fingerprint density at radius 3 is 2.92 bits per heavy atom. The number of rotatable bonds is 5. The Labute approximate surface area is 149 Å². The highest BCUT2D eigenvalue weighted by atomic mass is 35.5. The summed E-state index contributed by atoms with van der Waals surface area (Å²) in [6, 6.07) is 6.30. The molecule has 2 heterocycles. The van der Waals surface area contributed by atoms with E-state index in [9.17, 15) is 0 Å². The number of hydrogen-bond acceptors (Lipinski definition) is 6. The number of aryl methyl sites for hydroxylation is 2. The summed E-state index contributed by atoms with van der Waals surface area (Å²) >= 11 is 0. The third-order valence-electron chi connectivity index (χ3n) is 4.36. The van der Waals surface area contributed by atoms with Crippen LogP contribution in [0.4, 0.5) is 0 Å². The minimum Gasteiger partial charge on any atom is -0.493 e. The number of nitrogens with zero attached hydrogens (tertiary/aromatic N) is 3. The summed E-state index contributed by atoms with van der Waals surface area (Å²) < 4.78 is 11.1. The Kier molecular flexibility index (Phi) is 6.60. The van der Waals surface area contributed by atoms with Crippen molar-refractivity contribution in [1.29, 1.82) is 0 Å². The lowest BCUT2D eigenvalue weighted by Crippen LogP contribution is -2.44. The van der Waals surface area contributed by atoms with Gasteiger partial charge in [0.25, 0.3) is 0 Å². The molecule has 2 aromatic rings. The lowest BCUT2D eigenvalue weighted by molar-refractivity contribution is 0.190. The minimum absolute atomic E-state index is 0. The van der Waals surface area contributed by atoms with Gasteiger partial charge in [-0.05, 0) is 44.2 Å². The van der Waals surface area contributed by atoms with E-state index in [2.05, 4.69) is 53.4 Å². The van der Waals surface area contributed by atoms with Crippen LogP contribution < -0.4 is 10.1 Å². The highest BCUT2D eigenvalue weighted by molar-refractivity contribution is 5.85. The maximum absolute atomic E-state index is 5.77. The van der Waals surface area contributed by atoms with E-state index in [1.54, 1.807) is 0 Å². The molecule has 1 aliphatic rings. The van der Waals surface area contributed by atoms with Crippen LogP contribution in [0.15, 0.2) is 22.7 Å². The quantitative estimate of drug-likeness (QED) is 0.890. The third-order valence-corrected chi connectivity index (χ3v) is 4.36. The van der Waals surface area contributed by atoms with E-state index in [0.29, 0.717) is 18.9 Å². The number of hydrogen-bond donors (Lipinski definition) is 1. The van der Waals surface area contributed by atoms with E-state index in [0.717, 1.165) is 31.2 Å². The van der Waals surface area contributed by atoms with Gasteiger partial charge in [0.05, 0.1) is 19.1 Å². The van der Waals surface area contributed by atoms with Gasteiger partial charge < -0.3 is 14.6 Å². The number of aromatic nitrogens is 2. The van der Waals surface area contributed by atoms with Gasteiger partial charge in [0.15, 0.2) is 5.82 Å². The highest BCUT2D eigenvalue weighted by Gasteiger charge is 2.25. The third kappa shape index (κ3) is 4.47. The summed E-state index contributed by atoms with van der Waals surface area (Å²) in [5.41, 5.74) is 2.50. The zero-order chi connectivity index (χ0) is 16.2. The first-order chi connectivity index (χ1) is 11.1. The second kappa shape index (κ2) is 8.46. The van der Waals surface area contributed by atoms with Crippen LogP contribution in [0.5, 0.6) is 5.75 Å². The molecule has 1 atom stereocenters. The van der Waals surface area contributed by atoms with Gasteiger partial charge >= 0.3 is 0 Å². The van der Waals surface area contributed by atoms with Crippen molar-refractivity contribution in [3.63, 3.8) is 0 Å². The molecule has 1 unspecified atom stereocenters. The van der Waals surface area contributed by atoms with Gasteiger partial charge in [-0.3, -0.25) is 4.90 Å². The molecule has 0 bridgehead atoms. The second-order valence-electron chi connectivity index (χ2n) is 6.09. The Bertz CT molecular complexity index is 662. The average molecular weight is 353 g/mol. The number of ether oxygens (including phenoxy) is 1. The molecule has 1 N–H and O–H groups in total. The van der Waals surface area contributed by atoms with Crippen molar-refractivity contribution in [3.05, 3.63) is 41.0 Å². The molecule has 24 heavy (non-hydrogen) atoms. The summed E-state index contributed by atoms with van der Waals surface area (Å²) in [7, 11) is 2.09. The van der Waals surface area contributed by atoms with Gasteiger partial charge in [-0.2, -0.15) is 4.98 Å². The van der Waals surface area contributed by atoms with Crippen LogP contribution in [-0.2, 0) is 6.42 Å². The first-order valence-electron chi connectivity index (χ1n) is 8.07. The Balaban J connectivity index is 0.00000208. The molecular formula is C17H25ClN4O2. The SMILES string of the molecule is Cc1ccc(OCCc2nc(C3CNCCN3C)no2)cc1C.Cl. The molecular weight excluding hydrogens is 328 g/mol. The number of benzene rings is 1. The van der Waals surface area contributed by atoms with E-state index >= 15 is 0 Å². The molecule has 0 spiro atoms. The predicted molar refractivity (Wildman–Crippen MR) is 94.9 cm³/mol. The van der Waals surface area contributed by atoms with Crippen molar-refractivity contribution in [2.45, 2.75) is 26.3 Å². The Morgan fingerprint density at radius 2 is 2.17 bits per heavy atom. The fourth-order valence-electron chi connectivity index (χ4n) is 2.66. The molecule has 7 heteroatoms. The smallest absolute Gasteiger partial charge is 0.230 e. The summed E-state index contributed by atoms with van der Waals surface area (Å²) in [4.78, 5) is 6.75. The van der Waals surface area contributed by atoms with Crippen LogP contribution in [0, 0.1) is 13.8 Å². The number of piperazine rings is 1. The summed E-state index contributed by atoms with van der Waals surface area (Å²) in [6.45, 7) is 7.56. The monoisotopic (exact) mass is 352 g/mol. The molecule has 1 aromatic heterocycles. The maximum atomic E-state index is 5.77. The highest BCUT2D eigenvalue weighted by Crippen LogP contribution is 2.19. The Morgan fingerprint density at radius 1 is 1.33 bits per heavy atom. The van der Waals surface area contributed by atoms with Crippen molar-refractivity contribution in [2.24, 2.45) is 0 Å². The van der Waals surface area contributed by atoms with E-state index in [1.165, 1.54) is 11.1 Å². The normalized spacial score (nSPS) is 18.2. The first-order valence-corrected chi connectivity index (χ1v) is 8.07. The Hall–Kier alpha value is -1.63. The summed E-state index contributed by atoms with van der Waals surface area (Å²) in [5.74, 6) is 2.26. The molecule has 0 aliphatic carbocycles. The molecule has 3 rings (SSSR count). The van der Waals surface area contributed by atoms with E-state index in [1.807, 2.05) is 6.07 Å². The predicted octanol–water partition coefficient (Wildman–Crippen LogP) is 2.31. The largest absolute Gasteiger partial charge is 0.493 e. The van der Waals surface area contributed by atoms with E-state index in [-0.39, 0.29) is 18.4 Å². The van der Waals surface area contributed by atoms with Crippen LogP contribution in [0.3, 0.4) is 0 Å². The topological polar surface area (TPSA) is 63.4 Å². The van der Waals surface area contributed by atoms with Gasteiger partial charge in [-0.15, -0.1) is 12.4 Å². The van der Waals surface area contributed by atoms with Crippen LogP contribution >= 0.6 is 12.4 Å². The number of halogens is 1. The molecule has 0 saturated carbocycles. The van der Waals surface area contributed by atoms with E-state index < -0.39 is 0 Å². The van der Waals surface area contributed by atoms with Gasteiger partial charge in [-0.1, -0.05) is 11.2 Å². The summed E-state index contributed by atoms with van der Waals surface area (Å²) in [5, 5.41) is 7.48. The van der Waals surface area contributed by atoms with Crippen LogP contribution in [-0.4, -0.2) is 48.3 Å². The first kappa shape index (κ1) is 18.7. The van der Waals surface area contributed by atoms with Crippen LogP contribution in [0.25, 0.3) is 0 Å². The minimum atomic E-state index is 0. The van der Waals surface area contributed by atoms with Gasteiger partial charge in [-0.25, -0.2) is 0 Å². The molecule has 1 aromatic carbocycles. The van der Waals surface area contributed by atoms with Gasteiger partial charge in [0.1, 0.15) is 5.75 Å². The summed E-state index contributed by atoms with van der Waals surface area (Å²) in [6.07, 6.45) is 0.615.